The monoisotopic (exact) mass is 809 g/mol. The van der Waals surface area contributed by atoms with Crippen LogP contribution in [0.3, 0.4) is 0 Å². The Bertz CT molecular complexity index is 3250. The molecule has 0 spiro atoms. The first-order valence-corrected chi connectivity index (χ1v) is 22.1. The highest BCUT2D eigenvalue weighted by Gasteiger charge is 2.47. The molecule has 2 heteroatoms. The number of anilines is 3. The molecule has 0 radical (unpaired) electrons. The summed E-state index contributed by atoms with van der Waals surface area (Å²) in [4.78, 5) is 2.41. The van der Waals surface area contributed by atoms with Crippen LogP contribution in [0.2, 0.25) is 0 Å². The number of nitrogens with zero attached hydrogens (tertiary/aromatic N) is 1. The maximum Gasteiger partial charge on any atom is 0.0714 e. The molecule has 11 rings (SSSR count). The molecular formula is C60H43NS. The van der Waals surface area contributed by atoms with E-state index in [1.165, 1.54) is 75.8 Å². The third-order valence-corrected chi connectivity index (χ3v) is 13.9. The van der Waals surface area contributed by atoms with Crippen LogP contribution in [0.1, 0.15) is 34.7 Å². The highest BCUT2D eigenvalue weighted by Crippen LogP contribution is 2.59. The number of rotatable bonds is 9. The number of fused-ring (bicyclic) bond motifs is 6. The van der Waals surface area contributed by atoms with E-state index in [0.717, 1.165) is 28.2 Å². The summed E-state index contributed by atoms with van der Waals surface area (Å²) in [6.07, 6.45) is 4.04. The summed E-state index contributed by atoms with van der Waals surface area (Å²) in [5, 5.41) is 2.64. The Balaban J connectivity index is 1.12. The normalized spacial score (nSPS) is 12.9. The molecule has 0 aliphatic heterocycles. The first-order chi connectivity index (χ1) is 30.6. The third-order valence-electron chi connectivity index (χ3n) is 12.7. The highest BCUT2D eigenvalue weighted by atomic mass is 32.1. The SMILES string of the molecule is C=C/C(=C\C)c1ccc(N(c2ccc(-c3ccc4c(c3)sc3ccccc34)cc2)c2ccc3c(c2)C(c2ccccc2)(c2ccccc2)c2cccc(-c4ccccc4)c2-3)cc1. The van der Waals surface area contributed by atoms with Crippen LogP contribution in [-0.4, -0.2) is 0 Å². The molecule has 1 aliphatic carbocycles. The van der Waals surface area contributed by atoms with Gasteiger partial charge in [0.05, 0.1) is 5.41 Å². The molecular weight excluding hydrogens is 767 g/mol. The smallest absolute Gasteiger partial charge is 0.0714 e. The molecule has 0 saturated heterocycles. The zero-order valence-corrected chi connectivity index (χ0v) is 35.3. The molecule has 1 aromatic heterocycles. The van der Waals surface area contributed by atoms with Gasteiger partial charge in [-0.1, -0.05) is 189 Å². The van der Waals surface area contributed by atoms with Crippen molar-refractivity contribution >= 4 is 54.1 Å². The number of hydrogen-bond donors (Lipinski definition) is 0. The number of hydrogen-bond acceptors (Lipinski definition) is 2. The first-order valence-electron chi connectivity index (χ1n) is 21.3. The summed E-state index contributed by atoms with van der Waals surface area (Å²) in [5.41, 5.74) is 17.4. The summed E-state index contributed by atoms with van der Waals surface area (Å²) in [7, 11) is 0. The maximum atomic E-state index is 4.08. The van der Waals surface area contributed by atoms with Crippen LogP contribution >= 0.6 is 11.3 Å². The molecule has 1 nitrogen and oxygen atoms in total. The van der Waals surface area contributed by atoms with Gasteiger partial charge in [0.15, 0.2) is 0 Å². The average molecular weight is 810 g/mol. The minimum atomic E-state index is -0.566. The van der Waals surface area contributed by atoms with Crippen molar-refractivity contribution in [3.05, 3.63) is 265 Å². The fourth-order valence-electron chi connectivity index (χ4n) is 9.88. The minimum Gasteiger partial charge on any atom is -0.310 e. The van der Waals surface area contributed by atoms with Gasteiger partial charge in [-0.05, 0) is 122 Å². The predicted octanol–water partition coefficient (Wildman–Crippen LogP) is 16.8. The molecule has 1 aliphatic rings. The van der Waals surface area contributed by atoms with Gasteiger partial charge in [0.2, 0.25) is 0 Å². The molecule has 0 atom stereocenters. The lowest BCUT2D eigenvalue weighted by Gasteiger charge is -2.35. The summed E-state index contributed by atoms with van der Waals surface area (Å²) >= 11 is 1.86. The van der Waals surface area contributed by atoms with Crippen molar-refractivity contribution < 1.29 is 0 Å². The minimum absolute atomic E-state index is 0.566. The van der Waals surface area contributed by atoms with Gasteiger partial charge in [-0.25, -0.2) is 0 Å². The van der Waals surface area contributed by atoms with Gasteiger partial charge in [0.25, 0.3) is 0 Å². The lowest BCUT2D eigenvalue weighted by Crippen LogP contribution is -2.28. The van der Waals surface area contributed by atoms with E-state index >= 15 is 0 Å². The summed E-state index contributed by atoms with van der Waals surface area (Å²) in [5.74, 6) is 0. The lowest BCUT2D eigenvalue weighted by molar-refractivity contribution is 0.768. The lowest BCUT2D eigenvalue weighted by atomic mass is 9.67. The zero-order chi connectivity index (χ0) is 41.6. The average Bonchev–Trinajstić information content (AvgIpc) is 3.87. The Morgan fingerprint density at radius 3 is 1.74 bits per heavy atom. The van der Waals surface area contributed by atoms with Gasteiger partial charge in [-0.2, -0.15) is 0 Å². The molecule has 9 aromatic carbocycles. The van der Waals surface area contributed by atoms with E-state index in [9.17, 15) is 0 Å². The largest absolute Gasteiger partial charge is 0.310 e. The van der Waals surface area contributed by atoms with E-state index in [4.69, 9.17) is 0 Å². The Morgan fingerprint density at radius 1 is 0.468 bits per heavy atom. The van der Waals surface area contributed by atoms with Crippen molar-refractivity contribution in [2.75, 3.05) is 4.90 Å². The van der Waals surface area contributed by atoms with Gasteiger partial charge in [0, 0.05) is 37.2 Å². The zero-order valence-electron chi connectivity index (χ0n) is 34.5. The molecule has 62 heavy (non-hydrogen) atoms. The first kappa shape index (κ1) is 37.5. The second kappa shape index (κ2) is 15.5. The molecule has 0 bridgehead atoms. The van der Waals surface area contributed by atoms with Crippen molar-refractivity contribution in [1.82, 2.24) is 0 Å². The molecule has 0 saturated carbocycles. The van der Waals surface area contributed by atoms with Crippen LogP contribution in [0.4, 0.5) is 17.1 Å². The van der Waals surface area contributed by atoms with E-state index in [0.29, 0.717) is 0 Å². The Labute approximate surface area is 367 Å². The Hall–Kier alpha value is -7.52. The van der Waals surface area contributed by atoms with Gasteiger partial charge in [0.1, 0.15) is 0 Å². The van der Waals surface area contributed by atoms with E-state index in [1.54, 1.807) is 0 Å². The van der Waals surface area contributed by atoms with Crippen molar-refractivity contribution in [3.8, 4) is 33.4 Å². The summed E-state index contributed by atoms with van der Waals surface area (Å²) < 4.78 is 2.63. The molecule has 1 heterocycles. The van der Waals surface area contributed by atoms with E-state index in [-0.39, 0.29) is 0 Å². The third kappa shape index (κ3) is 6.06. The van der Waals surface area contributed by atoms with Crippen molar-refractivity contribution in [2.24, 2.45) is 0 Å². The van der Waals surface area contributed by atoms with Crippen LogP contribution in [0.15, 0.2) is 237 Å². The van der Waals surface area contributed by atoms with E-state index in [1.807, 2.05) is 17.4 Å². The molecule has 0 fully saturated rings. The fourth-order valence-corrected chi connectivity index (χ4v) is 11.0. The van der Waals surface area contributed by atoms with Crippen molar-refractivity contribution in [3.63, 3.8) is 0 Å². The second-order valence-electron chi connectivity index (χ2n) is 16.0. The second-order valence-corrected chi connectivity index (χ2v) is 17.1. The topological polar surface area (TPSA) is 3.24 Å². The Morgan fingerprint density at radius 2 is 1.06 bits per heavy atom. The highest BCUT2D eigenvalue weighted by molar-refractivity contribution is 7.25. The fraction of sp³-hybridized carbons (Fsp3) is 0.0333. The summed E-state index contributed by atoms with van der Waals surface area (Å²) in [6, 6.07) is 80.6. The predicted molar refractivity (Wildman–Crippen MR) is 266 cm³/mol. The molecule has 0 unspecified atom stereocenters. The maximum absolute atomic E-state index is 4.08. The van der Waals surface area contributed by atoms with Crippen molar-refractivity contribution in [2.45, 2.75) is 12.3 Å². The number of thiophene rings is 1. The quantitative estimate of drug-likeness (QED) is 0.131. The number of benzene rings is 9. The van der Waals surface area contributed by atoms with Gasteiger partial charge in [-0.3, -0.25) is 0 Å². The van der Waals surface area contributed by atoms with Gasteiger partial charge < -0.3 is 4.90 Å². The molecule has 0 amide bonds. The van der Waals surface area contributed by atoms with Crippen LogP contribution in [0.5, 0.6) is 0 Å². The van der Waals surface area contributed by atoms with E-state index in [2.05, 4.69) is 243 Å². The van der Waals surface area contributed by atoms with E-state index < -0.39 is 5.41 Å². The molecule has 294 valence electrons. The summed E-state index contributed by atoms with van der Waals surface area (Å²) in [6.45, 7) is 6.15. The van der Waals surface area contributed by atoms with Crippen LogP contribution in [-0.2, 0) is 5.41 Å². The van der Waals surface area contributed by atoms with Crippen LogP contribution in [0, 0.1) is 0 Å². The van der Waals surface area contributed by atoms with Gasteiger partial charge in [-0.15, -0.1) is 11.3 Å². The van der Waals surface area contributed by atoms with Gasteiger partial charge >= 0.3 is 0 Å². The Kier molecular flexibility index (Phi) is 9.37. The standard InChI is InChI=1S/C60H43NS/c1-3-41(4-2)42-27-32-48(33-28-42)61(49-34-29-43(30-35-49)45-31-37-53-52-23-14-15-26-57(52)62-58(53)39-45)50-36-38-54-56(40-50)60(46-19-10-6-11-20-46,47-21-12-7-13-22-47)55-25-16-24-51(59(54)55)44-17-8-5-9-18-44/h3-40H,1H2,2H3/b41-4+. The van der Waals surface area contributed by atoms with Crippen molar-refractivity contribution in [1.29, 1.82) is 0 Å². The van der Waals surface area contributed by atoms with Crippen LogP contribution < -0.4 is 4.90 Å². The molecule has 0 N–H and O–H groups in total. The van der Waals surface area contributed by atoms with Crippen LogP contribution in [0.25, 0.3) is 59.1 Å². The number of allylic oxidation sites excluding steroid dienone is 3. The molecule has 10 aromatic rings.